The number of ether oxygens (including phenoxy) is 2. The zero-order valence-corrected chi connectivity index (χ0v) is 16.6. The summed E-state index contributed by atoms with van der Waals surface area (Å²) < 4.78 is 10.0. The van der Waals surface area contributed by atoms with Crippen LogP contribution < -0.4 is 10.6 Å². The van der Waals surface area contributed by atoms with Gasteiger partial charge in [0.25, 0.3) is 0 Å². The van der Waals surface area contributed by atoms with E-state index in [9.17, 15) is 9.59 Å². The van der Waals surface area contributed by atoms with Crippen molar-refractivity contribution in [3.8, 4) is 0 Å². The average Bonchev–Trinajstić information content (AvgIpc) is 2.68. The molecule has 0 spiro atoms. The maximum Gasteiger partial charge on any atom is 0.337 e. The van der Waals surface area contributed by atoms with Crippen molar-refractivity contribution in [3.05, 3.63) is 35.4 Å². The Balaban J connectivity index is 2.65. The van der Waals surface area contributed by atoms with Crippen molar-refractivity contribution in [2.45, 2.75) is 19.9 Å². The molecule has 0 atom stereocenters. The number of aliphatic imine (C=N–C) groups is 1. The van der Waals surface area contributed by atoms with Crippen LogP contribution in [0.1, 0.15) is 29.3 Å². The number of methoxy groups -OCH3 is 1. The summed E-state index contributed by atoms with van der Waals surface area (Å²) in [6, 6.07) is 7.06. The van der Waals surface area contributed by atoms with Gasteiger partial charge >= 0.3 is 5.97 Å². The highest BCUT2D eigenvalue weighted by molar-refractivity contribution is 5.89. The van der Waals surface area contributed by atoms with Crippen molar-refractivity contribution in [2.24, 2.45) is 4.99 Å². The van der Waals surface area contributed by atoms with Crippen LogP contribution in [0.2, 0.25) is 0 Å². The lowest BCUT2D eigenvalue weighted by Crippen LogP contribution is -2.43. The molecule has 8 heteroatoms. The molecular formula is C19H30N4O4. The van der Waals surface area contributed by atoms with Gasteiger partial charge < -0.3 is 25.0 Å². The lowest BCUT2D eigenvalue weighted by molar-refractivity contribution is -0.127. The van der Waals surface area contributed by atoms with E-state index in [-0.39, 0.29) is 18.4 Å². The first-order valence-corrected chi connectivity index (χ1v) is 8.95. The van der Waals surface area contributed by atoms with E-state index < -0.39 is 0 Å². The number of amides is 1. The molecule has 0 aliphatic heterocycles. The van der Waals surface area contributed by atoms with Gasteiger partial charge in [0.05, 0.1) is 25.8 Å². The predicted octanol–water partition coefficient (Wildman–Crippen LogP) is 1.02. The molecule has 0 saturated carbocycles. The molecule has 0 aromatic heterocycles. The second-order valence-corrected chi connectivity index (χ2v) is 5.97. The minimum atomic E-state index is -0.370. The molecule has 1 amide bonds. The van der Waals surface area contributed by atoms with Gasteiger partial charge in [-0.15, -0.1) is 0 Å². The third kappa shape index (κ3) is 9.05. The largest absolute Gasteiger partial charge is 0.465 e. The Morgan fingerprint density at radius 2 is 1.85 bits per heavy atom. The van der Waals surface area contributed by atoms with Gasteiger partial charge in [0.2, 0.25) is 5.91 Å². The number of hydrogen-bond acceptors (Lipinski definition) is 5. The van der Waals surface area contributed by atoms with Gasteiger partial charge in [0.1, 0.15) is 0 Å². The molecule has 2 N–H and O–H groups in total. The third-order valence-corrected chi connectivity index (χ3v) is 3.66. The molecule has 1 aromatic carbocycles. The summed E-state index contributed by atoms with van der Waals surface area (Å²) in [5.74, 6) is 0.144. The summed E-state index contributed by atoms with van der Waals surface area (Å²) in [5, 5.41) is 6.23. The molecule has 0 heterocycles. The van der Waals surface area contributed by atoms with Crippen molar-refractivity contribution in [3.63, 3.8) is 0 Å². The van der Waals surface area contributed by atoms with Crippen molar-refractivity contribution < 1.29 is 19.1 Å². The summed E-state index contributed by atoms with van der Waals surface area (Å²) >= 11 is 0. The van der Waals surface area contributed by atoms with Crippen LogP contribution in [0.4, 0.5) is 0 Å². The fraction of sp³-hybridized carbons (Fsp3) is 0.526. The number of hydrogen-bond donors (Lipinski definition) is 2. The minimum absolute atomic E-state index is 0.0405. The average molecular weight is 378 g/mol. The zero-order chi connectivity index (χ0) is 20.1. The van der Waals surface area contributed by atoms with Crippen LogP contribution in [-0.4, -0.2) is 70.2 Å². The van der Waals surface area contributed by atoms with E-state index in [1.165, 1.54) is 12.0 Å². The van der Waals surface area contributed by atoms with E-state index in [2.05, 4.69) is 20.4 Å². The summed E-state index contributed by atoms with van der Waals surface area (Å²) in [4.78, 5) is 29.3. The fourth-order valence-corrected chi connectivity index (χ4v) is 2.05. The number of nitrogens with one attached hydrogen (secondary N) is 2. The van der Waals surface area contributed by atoms with E-state index in [0.717, 1.165) is 12.0 Å². The van der Waals surface area contributed by atoms with Gasteiger partial charge in [0.15, 0.2) is 5.96 Å². The molecule has 27 heavy (non-hydrogen) atoms. The lowest BCUT2D eigenvalue weighted by atomic mass is 10.1. The molecule has 8 nitrogen and oxygen atoms in total. The van der Waals surface area contributed by atoms with Gasteiger partial charge in [-0.3, -0.25) is 4.79 Å². The van der Waals surface area contributed by atoms with Crippen LogP contribution >= 0.6 is 0 Å². The molecule has 0 aliphatic rings. The standard InChI is InChI=1S/C19H30N4O4/c1-5-27-12-6-11-20-19(22-14-17(24)23(2)3)21-13-15-7-9-16(10-8-15)18(25)26-4/h7-10H,5-6,11-14H2,1-4H3,(H2,20,21,22). The number of carbonyl (C=O) groups is 2. The van der Waals surface area contributed by atoms with Gasteiger partial charge in [-0.05, 0) is 31.0 Å². The van der Waals surface area contributed by atoms with E-state index >= 15 is 0 Å². The zero-order valence-electron chi connectivity index (χ0n) is 16.6. The Hall–Kier alpha value is -2.61. The highest BCUT2D eigenvalue weighted by atomic mass is 16.5. The lowest BCUT2D eigenvalue weighted by Gasteiger charge is -2.15. The number of esters is 1. The van der Waals surface area contributed by atoms with Crippen molar-refractivity contribution >= 4 is 17.8 Å². The highest BCUT2D eigenvalue weighted by Gasteiger charge is 2.07. The number of rotatable bonds is 10. The summed E-state index contributed by atoms with van der Waals surface area (Å²) in [5.41, 5.74) is 1.44. The highest BCUT2D eigenvalue weighted by Crippen LogP contribution is 2.06. The summed E-state index contributed by atoms with van der Waals surface area (Å²) in [6.07, 6.45) is 0.837. The number of nitrogens with zero attached hydrogens (tertiary/aromatic N) is 2. The second-order valence-electron chi connectivity index (χ2n) is 5.97. The van der Waals surface area contributed by atoms with Gasteiger partial charge in [-0.25, -0.2) is 9.79 Å². The number of benzene rings is 1. The maximum absolute atomic E-state index is 11.8. The fourth-order valence-electron chi connectivity index (χ4n) is 2.05. The monoisotopic (exact) mass is 378 g/mol. The SMILES string of the molecule is CCOCCCNC(=NCc1ccc(C(=O)OC)cc1)NCC(=O)N(C)C. The molecule has 1 rings (SSSR count). The minimum Gasteiger partial charge on any atom is -0.465 e. The first-order chi connectivity index (χ1) is 13.0. The molecule has 0 aliphatic carbocycles. The Morgan fingerprint density at radius 3 is 2.44 bits per heavy atom. The van der Waals surface area contributed by atoms with E-state index in [0.29, 0.717) is 37.8 Å². The number of likely N-dealkylation sites (N-methyl/N-ethyl adjacent to an activating group) is 1. The Bertz CT molecular complexity index is 615. The van der Waals surface area contributed by atoms with Crippen molar-refractivity contribution in [1.82, 2.24) is 15.5 Å². The van der Waals surface area contributed by atoms with E-state index in [1.54, 1.807) is 26.2 Å². The van der Waals surface area contributed by atoms with Crippen LogP contribution in [0.15, 0.2) is 29.3 Å². The normalized spacial score (nSPS) is 11.0. The van der Waals surface area contributed by atoms with E-state index in [1.807, 2.05) is 19.1 Å². The Kier molecular flexibility index (Phi) is 10.5. The van der Waals surface area contributed by atoms with Gasteiger partial charge in [0, 0.05) is 33.9 Å². The molecule has 1 aromatic rings. The second kappa shape index (κ2) is 12.7. The summed E-state index contributed by atoms with van der Waals surface area (Å²) in [7, 11) is 4.77. The van der Waals surface area contributed by atoms with Crippen LogP contribution in [-0.2, 0) is 20.8 Å². The smallest absolute Gasteiger partial charge is 0.337 e. The van der Waals surface area contributed by atoms with Crippen LogP contribution in [0.5, 0.6) is 0 Å². The van der Waals surface area contributed by atoms with Crippen LogP contribution in [0.25, 0.3) is 0 Å². The third-order valence-electron chi connectivity index (χ3n) is 3.66. The van der Waals surface area contributed by atoms with Crippen molar-refractivity contribution in [1.29, 1.82) is 0 Å². The van der Waals surface area contributed by atoms with E-state index in [4.69, 9.17) is 4.74 Å². The summed E-state index contributed by atoms with van der Waals surface area (Å²) in [6.45, 7) is 4.58. The molecule has 0 bridgehead atoms. The Morgan fingerprint density at radius 1 is 1.15 bits per heavy atom. The molecule has 0 radical (unpaired) electrons. The number of carbonyl (C=O) groups excluding carboxylic acids is 2. The molecular weight excluding hydrogens is 348 g/mol. The first-order valence-electron chi connectivity index (χ1n) is 8.95. The topological polar surface area (TPSA) is 92.3 Å². The quantitative estimate of drug-likeness (QED) is 0.273. The Labute approximate surface area is 160 Å². The first kappa shape index (κ1) is 22.4. The number of guanidine groups is 1. The van der Waals surface area contributed by atoms with Gasteiger partial charge in [-0.2, -0.15) is 0 Å². The van der Waals surface area contributed by atoms with Crippen LogP contribution in [0.3, 0.4) is 0 Å². The van der Waals surface area contributed by atoms with Crippen molar-refractivity contribution in [2.75, 3.05) is 47.5 Å². The molecule has 0 saturated heterocycles. The van der Waals surface area contributed by atoms with Crippen LogP contribution in [0, 0.1) is 0 Å². The maximum atomic E-state index is 11.8. The molecule has 150 valence electrons. The predicted molar refractivity (Wildman–Crippen MR) is 105 cm³/mol. The van der Waals surface area contributed by atoms with Gasteiger partial charge in [-0.1, -0.05) is 12.1 Å². The molecule has 0 fully saturated rings. The molecule has 0 unspecified atom stereocenters.